The molecule has 0 bridgehead atoms. The summed E-state index contributed by atoms with van der Waals surface area (Å²) < 4.78 is 23.5. The topological polar surface area (TPSA) is 108 Å². The molecule has 0 heterocycles. The number of aliphatic hydroxyl groups excluding tert-OH is 1. The fourth-order valence-electron chi connectivity index (χ4n) is 12.9. The SMILES string of the molecule is CCCCCCCCCC/C=C\CCCCCCCCCCCCCCCCCCCCCCCCCCCCCC(=O)NC(COP(=O)([O-])OCC[N+](C)(C)C)C(O)/C=C/CCCCCCCCCCCCCCCCCCCCCCCCCCCCC. The molecule has 0 saturated carbocycles. The lowest BCUT2D eigenvalue weighted by atomic mass is 10.0. The molecule has 3 atom stereocenters. The first-order valence-electron chi connectivity index (χ1n) is 40.7. The Labute approximate surface area is 564 Å². The number of nitrogens with zero attached hydrogens (tertiary/aromatic N) is 1. The summed E-state index contributed by atoms with van der Waals surface area (Å²) in [5.74, 6) is -0.186. The van der Waals surface area contributed by atoms with Gasteiger partial charge < -0.3 is 28.8 Å². The highest BCUT2D eigenvalue weighted by Gasteiger charge is 2.23. The van der Waals surface area contributed by atoms with Crippen molar-refractivity contribution in [2.45, 2.75) is 450 Å². The van der Waals surface area contributed by atoms with Crippen LogP contribution in [0.15, 0.2) is 24.3 Å². The molecule has 0 aromatic rings. The fourth-order valence-corrected chi connectivity index (χ4v) is 13.6. The highest BCUT2D eigenvalue weighted by Crippen LogP contribution is 2.38. The number of rotatable bonds is 77. The Morgan fingerprint density at radius 3 is 0.867 bits per heavy atom. The molecule has 1 amide bonds. The van der Waals surface area contributed by atoms with Crippen molar-refractivity contribution in [1.82, 2.24) is 5.32 Å². The molecule has 536 valence electrons. The van der Waals surface area contributed by atoms with Gasteiger partial charge >= 0.3 is 0 Å². The average molecular weight is 1290 g/mol. The van der Waals surface area contributed by atoms with E-state index in [1.165, 1.54) is 379 Å². The molecule has 0 aromatic carbocycles. The van der Waals surface area contributed by atoms with Gasteiger partial charge in [-0.25, -0.2) is 0 Å². The van der Waals surface area contributed by atoms with Gasteiger partial charge in [0, 0.05) is 6.42 Å². The van der Waals surface area contributed by atoms with E-state index in [4.69, 9.17) is 9.05 Å². The van der Waals surface area contributed by atoms with E-state index in [0.29, 0.717) is 17.4 Å². The van der Waals surface area contributed by atoms with Crippen LogP contribution in [0.4, 0.5) is 0 Å². The predicted molar refractivity (Wildman–Crippen MR) is 395 cm³/mol. The van der Waals surface area contributed by atoms with Gasteiger partial charge in [-0.3, -0.25) is 9.36 Å². The Morgan fingerprint density at radius 2 is 0.611 bits per heavy atom. The first-order valence-corrected chi connectivity index (χ1v) is 42.2. The number of quaternary nitrogens is 1. The first-order chi connectivity index (χ1) is 44.0. The molecule has 2 N–H and O–H groups in total. The van der Waals surface area contributed by atoms with Crippen molar-refractivity contribution >= 4 is 13.7 Å². The minimum absolute atomic E-state index is 0.00250. The number of unbranched alkanes of at least 4 members (excludes halogenated alkanes) is 62. The van der Waals surface area contributed by atoms with Crippen LogP contribution in [0.25, 0.3) is 0 Å². The van der Waals surface area contributed by atoms with Crippen LogP contribution < -0.4 is 10.2 Å². The van der Waals surface area contributed by atoms with Crippen molar-refractivity contribution in [1.29, 1.82) is 0 Å². The van der Waals surface area contributed by atoms with Crippen molar-refractivity contribution < 1.29 is 32.9 Å². The summed E-state index contributed by atoms with van der Waals surface area (Å²) in [6.45, 7) is 4.73. The van der Waals surface area contributed by atoms with Crippen LogP contribution in [0.3, 0.4) is 0 Å². The van der Waals surface area contributed by atoms with E-state index in [1.54, 1.807) is 6.08 Å². The summed E-state index contributed by atoms with van der Waals surface area (Å²) >= 11 is 0. The van der Waals surface area contributed by atoms with E-state index in [1.807, 2.05) is 27.2 Å². The summed E-state index contributed by atoms with van der Waals surface area (Å²) in [5.41, 5.74) is 0. The van der Waals surface area contributed by atoms with Crippen molar-refractivity contribution in [3.05, 3.63) is 24.3 Å². The van der Waals surface area contributed by atoms with Gasteiger partial charge in [0.05, 0.1) is 39.9 Å². The second-order valence-electron chi connectivity index (χ2n) is 29.5. The average Bonchev–Trinajstić information content (AvgIpc) is 3.72. The van der Waals surface area contributed by atoms with Gasteiger partial charge in [0.25, 0.3) is 7.82 Å². The van der Waals surface area contributed by atoms with Crippen molar-refractivity contribution in [2.75, 3.05) is 40.9 Å². The lowest BCUT2D eigenvalue weighted by molar-refractivity contribution is -0.870. The number of amides is 1. The van der Waals surface area contributed by atoms with Crippen LogP contribution in [0.1, 0.15) is 438 Å². The van der Waals surface area contributed by atoms with Crippen LogP contribution in [0.2, 0.25) is 0 Å². The summed E-state index contributed by atoms with van der Waals surface area (Å²) in [5, 5.41) is 14.0. The summed E-state index contributed by atoms with van der Waals surface area (Å²) in [7, 11) is 1.29. The maximum absolute atomic E-state index is 13.1. The predicted octanol–water partition coefficient (Wildman–Crippen LogP) is 25.9. The van der Waals surface area contributed by atoms with Gasteiger partial charge in [-0.1, -0.05) is 411 Å². The number of hydrogen-bond donors (Lipinski definition) is 2. The number of likely N-dealkylation sites (N-methyl/N-ethyl adjacent to an activating group) is 1. The van der Waals surface area contributed by atoms with Gasteiger partial charge in [0.1, 0.15) is 13.2 Å². The van der Waals surface area contributed by atoms with Gasteiger partial charge in [-0.05, 0) is 44.9 Å². The second kappa shape index (κ2) is 72.3. The molecule has 0 aliphatic heterocycles. The van der Waals surface area contributed by atoms with Gasteiger partial charge in [-0.15, -0.1) is 0 Å². The largest absolute Gasteiger partial charge is 0.756 e. The standard InChI is InChI=1S/C81H161N2O6P/c1-6-8-10-12-14-16-18-20-22-24-26-28-30-32-34-36-37-38-39-40-41-42-43-44-45-47-49-51-53-55-57-59-61-63-65-67-69-71-73-75-81(85)82-79(78-89-90(86,87)88-77-76-83(3,4)5)80(84)74-72-70-68-66-64-62-60-58-56-54-52-50-48-46-35-33-31-29-27-25-23-21-19-17-15-13-11-9-7-2/h24,26,72,74,79-80,84H,6-23,25,27-71,73,75-78H2,1-5H3,(H-,82,85,86,87)/b26-24-,74-72+. The fraction of sp³-hybridized carbons (Fsp3) is 0.938. The highest BCUT2D eigenvalue weighted by molar-refractivity contribution is 7.45. The summed E-state index contributed by atoms with van der Waals surface area (Å²) in [4.78, 5) is 25.7. The molecule has 0 aliphatic carbocycles. The lowest BCUT2D eigenvalue weighted by Gasteiger charge is -2.29. The number of phosphoric acid groups is 1. The molecule has 9 heteroatoms. The third-order valence-electron chi connectivity index (χ3n) is 19.2. The molecule has 0 aromatic heterocycles. The van der Waals surface area contributed by atoms with E-state index < -0.39 is 20.0 Å². The van der Waals surface area contributed by atoms with Gasteiger partial charge in [-0.2, -0.15) is 0 Å². The number of carbonyl (C=O) groups excluding carboxylic acids is 1. The molecular weight excluding hydrogens is 1130 g/mol. The van der Waals surface area contributed by atoms with Gasteiger partial charge in [0.15, 0.2) is 0 Å². The van der Waals surface area contributed by atoms with Gasteiger partial charge in [0.2, 0.25) is 5.91 Å². The number of aliphatic hydroxyl groups is 1. The van der Waals surface area contributed by atoms with E-state index >= 15 is 0 Å². The monoisotopic (exact) mass is 1290 g/mol. The molecule has 0 radical (unpaired) electrons. The molecule has 90 heavy (non-hydrogen) atoms. The minimum Gasteiger partial charge on any atom is -0.756 e. The molecule has 8 nitrogen and oxygen atoms in total. The third kappa shape index (κ3) is 74.4. The van der Waals surface area contributed by atoms with E-state index in [9.17, 15) is 19.4 Å². The number of nitrogens with one attached hydrogen (secondary N) is 1. The molecule has 0 fully saturated rings. The summed E-state index contributed by atoms with van der Waals surface area (Å²) in [6, 6.07) is -0.886. The molecule has 0 spiro atoms. The Kier molecular flexibility index (Phi) is 71.4. The highest BCUT2D eigenvalue weighted by atomic mass is 31.2. The smallest absolute Gasteiger partial charge is 0.268 e. The van der Waals surface area contributed by atoms with Crippen molar-refractivity contribution in [3.63, 3.8) is 0 Å². The first kappa shape index (κ1) is 89.0. The van der Waals surface area contributed by atoms with Crippen LogP contribution in [-0.4, -0.2) is 68.5 Å². The molecule has 3 unspecified atom stereocenters. The number of phosphoric ester groups is 1. The zero-order valence-electron chi connectivity index (χ0n) is 61.6. The maximum Gasteiger partial charge on any atom is 0.268 e. The number of hydrogen-bond acceptors (Lipinski definition) is 6. The van der Waals surface area contributed by atoms with Crippen LogP contribution in [0, 0.1) is 0 Å². The van der Waals surface area contributed by atoms with E-state index in [-0.39, 0.29) is 19.1 Å². The zero-order chi connectivity index (χ0) is 65.5. The Balaban J connectivity index is 3.91. The van der Waals surface area contributed by atoms with Crippen LogP contribution in [-0.2, 0) is 18.4 Å². The Morgan fingerprint density at radius 1 is 0.378 bits per heavy atom. The Bertz CT molecular complexity index is 1520. The lowest BCUT2D eigenvalue weighted by Crippen LogP contribution is -2.45. The molecular formula is C81H161N2O6P. The quantitative estimate of drug-likeness (QED) is 0.0272. The minimum atomic E-state index is -4.60. The third-order valence-corrected chi connectivity index (χ3v) is 20.1. The molecule has 0 saturated heterocycles. The van der Waals surface area contributed by atoms with Crippen LogP contribution in [0.5, 0.6) is 0 Å². The zero-order valence-corrected chi connectivity index (χ0v) is 62.5. The normalized spacial score (nSPS) is 13.5. The summed E-state index contributed by atoms with van der Waals surface area (Å²) in [6.07, 6.45) is 96.4. The molecule has 0 aliphatic rings. The van der Waals surface area contributed by atoms with E-state index in [2.05, 4.69) is 31.3 Å². The second-order valence-corrected chi connectivity index (χ2v) is 30.9. The van der Waals surface area contributed by atoms with Crippen molar-refractivity contribution in [2.24, 2.45) is 0 Å². The Hall–Kier alpha value is -1.02. The number of carbonyl (C=O) groups is 1. The maximum atomic E-state index is 13.1. The van der Waals surface area contributed by atoms with Crippen molar-refractivity contribution in [3.8, 4) is 0 Å². The van der Waals surface area contributed by atoms with Crippen LogP contribution >= 0.6 is 7.82 Å². The van der Waals surface area contributed by atoms with E-state index in [0.717, 1.165) is 38.5 Å². The number of allylic oxidation sites excluding steroid dienone is 3. The molecule has 0 rings (SSSR count).